The van der Waals surface area contributed by atoms with Gasteiger partial charge in [-0.2, -0.15) is 13.2 Å². The number of hydrogen-bond acceptors (Lipinski definition) is 4. The molecule has 3 aromatic carbocycles. The van der Waals surface area contributed by atoms with E-state index in [1.165, 1.54) is 19.2 Å². The second kappa shape index (κ2) is 8.46. The van der Waals surface area contributed by atoms with Crippen LogP contribution in [0.3, 0.4) is 0 Å². The number of nitrogens with one attached hydrogen (secondary N) is 1. The second-order valence-corrected chi connectivity index (χ2v) is 7.44. The predicted octanol–water partition coefficient (Wildman–Crippen LogP) is 5.42. The lowest BCUT2D eigenvalue weighted by Gasteiger charge is -2.16. The van der Waals surface area contributed by atoms with E-state index in [4.69, 9.17) is 4.74 Å². The van der Waals surface area contributed by atoms with Crippen molar-refractivity contribution in [3.05, 3.63) is 95.2 Å². The number of aryl methyl sites for hydroxylation is 1. The van der Waals surface area contributed by atoms with Crippen LogP contribution in [0.25, 0.3) is 5.57 Å². The largest absolute Gasteiger partial charge is 0.496 e. The Balaban J connectivity index is 1.86. The van der Waals surface area contributed by atoms with Gasteiger partial charge in [-0.25, -0.2) is 4.90 Å². The monoisotopic (exact) mass is 452 g/mol. The molecule has 0 radical (unpaired) electrons. The third-order valence-electron chi connectivity index (χ3n) is 5.18. The van der Waals surface area contributed by atoms with Gasteiger partial charge in [-0.1, -0.05) is 36.4 Å². The van der Waals surface area contributed by atoms with Gasteiger partial charge in [0.15, 0.2) is 0 Å². The molecule has 0 bridgehead atoms. The van der Waals surface area contributed by atoms with Crippen molar-refractivity contribution in [1.29, 1.82) is 0 Å². The summed E-state index contributed by atoms with van der Waals surface area (Å²) in [6, 6.07) is 17.9. The van der Waals surface area contributed by atoms with Gasteiger partial charge < -0.3 is 10.1 Å². The number of amides is 2. The molecule has 168 valence electrons. The van der Waals surface area contributed by atoms with Crippen molar-refractivity contribution in [2.75, 3.05) is 17.3 Å². The zero-order valence-electron chi connectivity index (χ0n) is 17.7. The summed E-state index contributed by atoms with van der Waals surface area (Å²) < 4.78 is 45.0. The summed E-state index contributed by atoms with van der Waals surface area (Å²) in [5, 5.41) is 2.76. The molecule has 33 heavy (non-hydrogen) atoms. The molecule has 0 spiro atoms. The number of rotatable bonds is 5. The van der Waals surface area contributed by atoms with Crippen LogP contribution in [-0.2, 0) is 15.8 Å². The highest BCUT2D eigenvalue weighted by atomic mass is 19.4. The minimum atomic E-state index is -4.55. The third-order valence-corrected chi connectivity index (χ3v) is 5.18. The lowest BCUT2D eigenvalue weighted by atomic mass is 10.0. The average Bonchev–Trinajstić information content (AvgIpc) is 3.02. The standard InChI is InChI=1S/C25H19F3N2O3/c1-15-7-5-10-18(13-15)30-23(31)21(19-11-3-4-12-20(19)33-2)22(24(30)32)29-17-9-6-8-16(14-17)25(26,27)28/h3-14,29H,1-2H3. The van der Waals surface area contributed by atoms with Gasteiger partial charge in [-0.05, 0) is 48.9 Å². The molecule has 0 saturated heterocycles. The highest BCUT2D eigenvalue weighted by molar-refractivity contribution is 6.46. The van der Waals surface area contributed by atoms with Gasteiger partial charge >= 0.3 is 6.18 Å². The molecule has 4 rings (SSSR count). The van der Waals surface area contributed by atoms with E-state index in [9.17, 15) is 22.8 Å². The normalized spacial score (nSPS) is 14.2. The van der Waals surface area contributed by atoms with Crippen LogP contribution in [0.2, 0.25) is 0 Å². The fourth-order valence-electron chi connectivity index (χ4n) is 3.67. The van der Waals surface area contributed by atoms with Gasteiger partial charge in [-0.15, -0.1) is 0 Å². The number of carbonyl (C=O) groups excluding carboxylic acids is 2. The van der Waals surface area contributed by atoms with Crippen molar-refractivity contribution >= 4 is 28.8 Å². The molecular weight excluding hydrogens is 433 g/mol. The van der Waals surface area contributed by atoms with Crippen molar-refractivity contribution < 1.29 is 27.5 Å². The molecule has 0 saturated carbocycles. The van der Waals surface area contributed by atoms with Gasteiger partial charge in [0.05, 0.1) is 23.9 Å². The number of alkyl halides is 3. The Hall–Kier alpha value is -4.07. The van der Waals surface area contributed by atoms with E-state index in [1.54, 1.807) is 42.5 Å². The molecule has 0 aliphatic carbocycles. The number of anilines is 2. The molecule has 1 heterocycles. The Bertz CT molecular complexity index is 1280. The van der Waals surface area contributed by atoms with E-state index in [0.717, 1.165) is 22.6 Å². The first kappa shape index (κ1) is 22.1. The maximum absolute atomic E-state index is 13.5. The molecule has 5 nitrogen and oxygen atoms in total. The van der Waals surface area contributed by atoms with Crippen molar-refractivity contribution in [2.45, 2.75) is 13.1 Å². The highest BCUT2D eigenvalue weighted by Gasteiger charge is 2.41. The van der Waals surface area contributed by atoms with E-state index >= 15 is 0 Å². The van der Waals surface area contributed by atoms with Crippen molar-refractivity contribution in [2.24, 2.45) is 0 Å². The number of imide groups is 1. The number of benzene rings is 3. The molecule has 0 fully saturated rings. The molecule has 0 unspecified atom stereocenters. The Labute approximate surface area is 188 Å². The molecule has 1 aliphatic heterocycles. The molecule has 0 atom stereocenters. The zero-order valence-corrected chi connectivity index (χ0v) is 17.7. The van der Waals surface area contributed by atoms with Crippen LogP contribution in [0.15, 0.2) is 78.5 Å². The Kier molecular flexibility index (Phi) is 5.68. The van der Waals surface area contributed by atoms with Crippen LogP contribution in [0.4, 0.5) is 24.5 Å². The summed E-state index contributed by atoms with van der Waals surface area (Å²) in [5.74, 6) is -0.934. The highest BCUT2D eigenvalue weighted by Crippen LogP contribution is 2.38. The fraction of sp³-hybridized carbons (Fsp3) is 0.120. The van der Waals surface area contributed by atoms with Crippen LogP contribution >= 0.6 is 0 Å². The first-order chi connectivity index (χ1) is 15.7. The topological polar surface area (TPSA) is 58.6 Å². The fourth-order valence-corrected chi connectivity index (χ4v) is 3.67. The van der Waals surface area contributed by atoms with E-state index in [2.05, 4.69) is 5.32 Å². The van der Waals surface area contributed by atoms with Crippen LogP contribution in [0, 0.1) is 6.92 Å². The van der Waals surface area contributed by atoms with E-state index < -0.39 is 23.6 Å². The number of nitrogens with zero attached hydrogens (tertiary/aromatic N) is 1. The van der Waals surface area contributed by atoms with Gasteiger partial charge in [0, 0.05) is 11.3 Å². The molecule has 3 aromatic rings. The number of hydrogen-bond donors (Lipinski definition) is 1. The quantitative estimate of drug-likeness (QED) is 0.526. The Morgan fingerprint density at radius 1 is 0.879 bits per heavy atom. The van der Waals surface area contributed by atoms with Crippen molar-refractivity contribution in [3.8, 4) is 5.75 Å². The summed E-state index contributed by atoms with van der Waals surface area (Å²) >= 11 is 0. The van der Waals surface area contributed by atoms with E-state index in [1.807, 2.05) is 13.0 Å². The number of para-hydroxylation sites is 1. The maximum Gasteiger partial charge on any atom is 0.416 e. The van der Waals surface area contributed by atoms with Crippen molar-refractivity contribution in [1.82, 2.24) is 0 Å². The van der Waals surface area contributed by atoms with Crippen LogP contribution in [-0.4, -0.2) is 18.9 Å². The third kappa shape index (κ3) is 4.19. The summed E-state index contributed by atoms with van der Waals surface area (Å²) in [6.45, 7) is 1.82. The summed E-state index contributed by atoms with van der Waals surface area (Å²) in [7, 11) is 1.43. The molecular formula is C25H19F3N2O3. The SMILES string of the molecule is COc1ccccc1C1=C(Nc2cccc(C(F)(F)F)c2)C(=O)N(c2cccc(C)c2)C1=O. The average molecular weight is 452 g/mol. The number of carbonyl (C=O) groups is 2. The molecule has 2 amide bonds. The predicted molar refractivity (Wildman–Crippen MR) is 119 cm³/mol. The minimum Gasteiger partial charge on any atom is -0.496 e. The minimum absolute atomic E-state index is 0.0105. The Morgan fingerprint density at radius 2 is 1.61 bits per heavy atom. The summed E-state index contributed by atoms with van der Waals surface area (Å²) in [5.41, 5.74) is 0.577. The van der Waals surface area contributed by atoms with Crippen LogP contribution in [0.5, 0.6) is 5.75 Å². The Morgan fingerprint density at radius 3 is 2.30 bits per heavy atom. The van der Waals surface area contributed by atoms with E-state index in [-0.39, 0.29) is 17.0 Å². The maximum atomic E-state index is 13.5. The van der Waals surface area contributed by atoms with E-state index in [0.29, 0.717) is 17.0 Å². The number of halogens is 3. The summed E-state index contributed by atoms with van der Waals surface area (Å²) in [6.07, 6.45) is -4.55. The van der Waals surface area contributed by atoms with Gasteiger partial charge in [0.1, 0.15) is 11.4 Å². The smallest absolute Gasteiger partial charge is 0.416 e. The molecule has 0 aromatic heterocycles. The van der Waals surface area contributed by atoms with Gasteiger partial charge in [0.25, 0.3) is 11.8 Å². The molecule has 1 aliphatic rings. The lowest BCUT2D eigenvalue weighted by Crippen LogP contribution is -2.32. The lowest BCUT2D eigenvalue weighted by molar-refractivity contribution is -0.137. The zero-order chi connectivity index (χ0) is 23.8. The number of ether oxygens (including phenoxy) is 1. The number of methoxy groups -OCH3 is 1. The first-order valence-electron chi connectivity index (χ1n) is 9.98. The van der Waals surface area contributed by atoms with Gasteiger partial charge in [0.2, 0.25) is 0 Å². The second-order valence-electron chi connectivity index (χ2n) is 7.44. The summed E-state index contributed by atoms with van der Waals surface area (Å²) in [4.78, 5) is 27.9. The van der Waals surface area contributed by atoms with Crippen molar-refractivity contribution in [3.63, 3.8) is 0 Å². The van der Waals surface area contributed by atoms with Crippen LogP contribution < -0.4 is 15.0 Å². The van der Waals surface area contributed by atoms with Gasteiger partial charge in [-0.3, -0.25) is 9.59 Å². The van der Waals surface area contributed by atoms with Crippen LogP contribution in [0.1, 0.15) is 16.7 Å². The molecule has 8 heteroatoms. The molecule has 1 N–H and O–H groups in total. The first-order valence-corrected chi connectivity index (χ1v) is 9.98.